The number of pyridine rings is 1. The first-order valence-corrected chi connectivity index (χ1v) is 5.17. The summed E-state index contributed by atoms with van der Waals surface area (Å²) in [5, 5.41) is 0. The van der Waals surface area contributed by atoms with Crippen molar-refractivity contribution in [3.05, 3.63) is 24.3 Å². The Bertz CT molecular complexity index is 365. The molecule has 0 amide bonds. The van der Waals surface area contributed by atoms with Crippen molar-refractivity contribution in [3.8, 4) is 18.1 Å². The topological polar surface area (TPSA) is 40.6 Å². The fourth-order valence-corrected chi connectivity index (χ4v) is 1.04. The van der Waals surface area contributed by atoms with E-state index in [-0.39, 0.29) is 19.0 Å². The van der Waals surface area contributed by atoms with Gasteiger partial charge in [0.05, 0.1) is 19.8 Å². The fourth-order valence-electron chi connectivity index (χ4n) is 1.04. The predicted octanol–water partition coefficient (Wildman–Crippen LogP) is 1.27. The molecule has 4 nitrogen and oxygen atoms in total. The van der Waals surface area contributed by atoms with Crippen LogP contribution in [0.25, 0.3) is 0 Å². The maximum absolute atomic E-state index is 13.0. The average molecular weight is 239 g/mol. The largest absolute Gasteiger partial charge is 0.486 e. The van der Waals surface area contributed by atoms with E-state index in [1.807, 2.05) is 0 Å². The van der Waals surface area contributed by atoms with Crippen molar-refractivity contribution >= 4 is 0 Å². The van der Waals surface area contributed by atoms with Crippen LogP contribution in [0, 0.1) is 18.3 Å². The summed E-state index contributed by atoms with van der Waals surface area (Å²) < 4.78 is 28.3. The summed E-state index contributed by atoms with van der Waals surface area (Å²) in [6, 6.07) is 3.12. The Hall–Kier alpha value is -1.64. The summed E-state index contributed by atoms with van der Waals surface area (Å²) in [5.41, 5.74) is 0. The van der Waals surface area contributed by atoms with E-state index in [1.54, 1.807) is 6.07 Å². The molecule has 92 valence electrons. The molecule has 1 heterocycles. The first kappa shape index (κ1) is 13.4. The second-order valence-corrected chi connectivity index (χ2v) is 3.01. The van der Waals surface area contributed by atoms with Crippen LogP contribution in [0.4, 0.5) is 4.39 Å². The molecule has 1 aromatic heterocycles. The molecule has 0 aliphatic rings. The van der Waals surface area contributed by atoms with Gasteiger partial charge in [-0.2, -0.15) is 4.39 Å². The molecule has 0 spiro atoms. The Labute approximate surface area is 99.7 Å². The number of hydrogen-bond acceptors (Lipinski definition) is 4. The van der Waals surface area contributed by atoms with Crippen LogP contribution in [-0.2, 0) is 9.47 Å². The molecule has 5 heteroatoms. The van der Waals surface area contributed by atoms with E-state index in [9.17, 15) is 4.39 Å². The van der Waals surface area contributed by atoms with Crippen LogP contribution in [0.3, 0.4) is 0 Å². The van der Waals surface area contributed by atoms with E-state index in [4.69, 9.17) is 20.6 Å². The lowest BCUT2D eigenvalue weighted by molar-refractivity contribution is 0.0456. The van der Waals surface area contributed by atoms with Gasteiger partial charge in [-0.1, -0.05) is 5.92 Å². The third kappa shape index (κ3) is 5.85. The maximum atomic E-state index is 13.0. The molecule has 0 aliphatic carbocycles. The van der Waals surface area contributed by atoms with Gasteiger partial charge in [0.1, 0.15) is 13.2 Å². The first-order valence-electron chi connectivity index (χ1n) is 5.17. The second-order valence-electron chi connectivity index (χ2n) is 3.01. The summed E-state index contributed by atoms with van der Waals surface area (Å²) in [6.45, 7) is 1.76. The second kappa shape index (κ2) is 8.50. The van der Waals surface area contributed by atoms with Gasteiger partial charge in [0.15, 0.2) is 5.75 Å². The summed E-state index contributed by atoms with van der Waals surface area (Å²) in [6.07, 6.45) is 6.35. The van der Waals surface area contributed by atoms with Gasteiger partial charge in [-0.15, -0.1) is 6.42 Å². The first-order chi connectivity index (χ1) is 8.34. The predicted molar refractivity (Wildman–Crippen MR) is 60.2 cm³/mol. The van der Waals surface area contributed by atoms with Crippen LogP contribution in [0.2, 0.25) is 0 Å². The van der Waals surface area contributed by atoms with E-state index < -0.39 is 5.95 Å². The van der Waals surface area contributed by atoms with Gasteiger partial charge in [-0.3, -0.25) is 0 Å². The molecule has 17 heavy (non-hydrogen) atoms. The summed E-state index contributed by atoms with van der Waals surface area (Å²) in [5.74, 6) is 1.85. The molecule has 1 aromatic rings. The standard InChI is InChI=1S/C12H14FNO3/c1-2-6-15-7-8-16-9-10-17-11-4-3-5-14-12(11)13/h1,3-5H,6-10H2. The minimum Gasteiger partial charge on any atom is -0.486 e. The zero-order valence-electron chi connectivity index (χ0n) is 9.39. The molecule has 0 bridgehead atoms. The number of ether oxygens (including phenoxy) is 3. The van der Waals surface area contributed by atoms with Crippen LogP contribution in [-0.4, -0.2) is 38.0 Å². The van der Waals surface area contributed by atoms with Crippen LogP contribution >= 0.6 is 0 Å². The lowest BCUT2D eigenvalue weighted by Gasteiger charge is -2.07. The van der Waals surface area contributed by atoms with E-state index in [0.717, 1.165) is 0 Å². The molecular weight excluding hydrogens is 225 g/mol. The molecular formula is C12H14FNO3. The van der Waals surface area contributed by atoms with E-state index in [0.29, 0.717) is 19.8 Å². The van der Waals surface area contributed by atoms with Crippen molar-refractivity contribution in [2.45, 2.75) is 0 Å². The lowest BCUT2D eigenvalue weighted by atomic mass is 10.4. The van der Waals surface area contributed by atoms with Gasteiger partial charge >= 0.3 is 0 Å². The van der Waals surface area contributed by atoms with Gasteiger partial charge in [-0.05, 0) is 12.1 Å². The minimum atomic E-state index is -0.621. The summed E-state index contributed by atoms with van der Waals surface area (Å²) in [7, 11) is 0. The van der Waals surface area contributed by atoms with Crippen molar-refractivity contribution in [1.29, 1.82) is 0 Å². The monoisotopic (exact) mass is 239 g/mol. The van der Waals surface area contributed by atoms with Gasteiger partial charge < -0.3 is 14.2 Å². The van der Waals surface area contributed by atoms with Gasteiger partial charge in [-0.25, -0.2) is 4.98 Å². The normalized spacial score (nSPS) is 9.88. The Morgan fingerprint density at radius 3 is 2.76 bits per heavy atom. The van der Waals surface area contributed by atoms with E-state index in [2.05, 4.69) is 10.9 Å². The van der Waals surface area contributed by atoms with E-state index >= 15 is 0 Å². The Morgan fingerprint density at radius 1 is 1.24 bits per heavy atom. The highest BCUT2D eigenvalue weighted by Crippen LogP contribution is 2.12. The van der Waals surface area contributed by atoms with Crippen molar-refractivity contribution in [2.24, 2.45) is 0 Å². The highest BCUT2D eigenvalue weighted by Gasteiger charge is 2.01. The molecule has 0 N–H and O–H groups in total. The number of terminal acetylenes is 1. The van der Waals surface area contributed by atoms with Gasteiger partial charge in [0, 0.05) is 6.20 Å². The number of rotatable bonds is 8. The minimum absolute atomic E-state index is 0.125. The Kier molecular flexibility index (Phi) is 6.72. The van der Waals surface area contributed by atoms with Gasteiger partial charge in [0.25, 0.3) is 5.95 Å². The molecule has 0 fully saturated rings. The SMILES string of the molecule is C#CCOCCOCCOc1cccnc1F. The van der Waals surface area contributed by atoms with Crippen LogP contribution in [0.1, 0.15) is 0 Å². The number of hydrogen-bond donors (Lipinski definition) is 0. The maximum Gasteiger partial charge on any atom is 0.255 e. The molecule has 1 rings (SSSR count). The van der Waals surface area contributed by atoms with Crippen LogP contribution in [0.5, 0.6) is 5.75 Å². The zero-order chi connectivity index (χ0) is 12.3. The molecule has 0 unspecified atom stereocenters. The van der Waals surface area contributed by atoms with Crippen LogP contribution in [0.15, 0.2) is 18.3 Å². The number of nitrogens with zero attached hydrogens (tertiary/aromatic N) is 1. The van der Waals surface area contributed by atoms with Crippen LogP contribution < -0.4 is 4.74 Å². The Morgan fingerprint density at radius 2 is 2.00 bits per heavy atom. The number of halogens is 1. The summed E-state index contributed by atoms with van der Waals surface area (Å²) >= 11 is 0. The van der Waals surface area contributed by atoms with Crippen molar-refractivity contribution in [3.63, 3.8) is 0 Å². The van der Waals surface area contributed by atoms with Crippen molar-refractivity contribution in [1.82, 2.24) is 4.98 Å². The van der Waals surface area contributed by atoms with E-state index in [1.165, 1.54) is 12.3 Å². The molecule has 0 saturated heterocycles. The fraction of sp³-hybridized carbons (Fsp3) is 0.417. The zero-order valence-corrected chi connectivity index (χ0v) is 9.39. The molecule has 0 saturated carbocycles. The highest BCUT2D eigenvalue weighted by molar-refractivity contribution is 5.17. The molecule has 0 atom stereocenters. The Balaban J connectivity index is 2.01. The molecule has 0 radical (unpaired) electrons. The van der Waals surface area contributed by atoms with Crippen molar-refractivity contribution in [2.75, 3.05) is 33.0 Å². The third-order valence-corrected chi connectivity index (χ3v) is 1.77. The third-order valence-electron chi connectivity index (χ3n) is 1.77. The summed E-state index contributed by atoms with van der Waals surface area (Å²) in [4.78, 5) is 3.46. The quantitative estimate of drug-likeness (QED) is 0.389. The molecule has 0 aromatic carbocycles. The lowest BCUT2D eigenvalue weighted by Crippen LogP contribution is -2.11. The van der Waals surface area contributed by atoms with Crippen molar-refractivity contribution < 1.29 is 18.6 Å². The highest BCUT2D eigenvalue weighted by atomic mass is 19.1. The smallest absolute Gasteiger partial charge is 0.255 e. The average Bonchev–Trinajstić information content (AvgIpc) is 2.35. The number of aromatic nitrogens is 1. The van der Waals surface area contributed by atoms with Gasteiger partial charge in [0.2, 0.25) is 0 Å². The molecule has 0 aliphatic heterocycles.